The number of aromatic nitrogens is 3. The van der Waals surface area contributed by atoms with Crippen molar-refractivity contribution in [2.45, 2.75) is 5.41 Å². The number of hydrogen-bond acceptors (Lipinski definition) is 5. The van der Waals surface area contributed by atoms with Gasteiger partial charge in [-0.25, -0.2) is 4.98 Å². The van der Waals surface area contributed by atoms with Crippen molar-refractivity contribution >= 4 is 21.8 Å². The molecule has 0 bridgehead atoms. The van der Waals surface area contributed by atoms with E-state index in [9.17, 15) is 5.26 Å². The maximum absolute atomic E-state index is 9.53. The lowest BCUT2D eigenvalue weighted by Gasteiger charge is -2.40. The SMILES string of the molecule is N#Cc1ccc(-c2cc(-c3ccc4c(c3)C(c3ccccc3)(c3ccccn3)c3ccccc3O4)cc(-c3ccc4ccc5cccnc5c4n3)c2)cc1. The molecule has 0 amide bonds. The highest BCUT2D eigenvalue weighted by atomic mass is 16.5. The van der Waals surface area contributed by atoms with Gasteiger partial charge in [-0.1, -0.05) is 97.1 Å². The smallest absolute Gasteiger partial charge is 0.132 e. The van der Waals surface area contributed by atoms with Crippen molar-refractivity contribution in [2.24, 2.45) is 0 Å². The van der Waals surface area contributed by atoms with E-state index in [1.807, 2.05) is 67.0 Å². The molecular weight excluding hydrogens is 661 g/mol. The summed E-state index contributed by atoms with van der Waals surface area (Å²) in [4.78, 5) is 15.0. The van der Waals surface area contributed by atoms with Crippen LogP contribution in [0.5, 0.6) is 11.5 Å². The third-order valence-corrected chi connectivity index (χ3v) is 10.5. The number of benzene rings is 6. The Labute approximate surface area is 312 Å². The monoisotopic (exact) mass is 690 g/mol. The van der Waals surface area contributed by atoms with Crippen molar-refractivity contribution in [3.8, 4) is 51.1 Å². The molecule has 0 N–H and O–H groups in total. The summed E-state index contributed by atoms with van der Waals surface area (Å²) in [5.41, 5.74) is 11.6. The van der Waals surface area contributed by atoms with Crippen LogP contribution in [0.2, 0.25) is 0 Å². The van der Waals surface area contributed by atoms with Gasteiger partial charge in [-0.3, -0.25) is 9.97 Å². The molecule has 252 valence electrons. The lowest BCUT2D eigenvalue weighted by atomic mass is 9.65. The summed E-state index contributed by atoms with van der Waals surface area (Å²) in [7, 11) is 0. The molecular formula is C49H30N4O. The van der Waals surface area contributed by atoms with E-state index < -0.39 is 5.41 Å². The molecule has 1 aliphatic heterocycles. The molecule has 0 saturated carbocycles. The summed E-state index contributed by atoms with van der Waals surface area (Å²) in [5, 5.41) is 11.6. The van der Waals surface area contributed by atoms with Crippen LogP contribution in [0.15, 0.2) is 182 Å². The number of rotatable bonds is 5. The van der Waals surface area contributed by atoms with Crippen molar-refractivity contribution < 1.29 is 4.74 Å². The number of pyridine rings is 3. The van der Waals surface area contributed by atoms with E-state index in [0.717, 1.165) is 89.2 Å². The summed E-state index contributed by atoms with van der Waals surface area (Å²) in [6.45, 7) is 0. The van der Waals surface area contributed by atoms with E-state index in [-0.39, 0.29) is 0 Å². The van der Waals surface area contributed by atoms with Gasteiger partial charge < -0.3 is 4.74 Å². The molecule has 5 heteroatoms. The first-order valence-electron chi connectivity index (χ1n) is 17.9. The van der Waals surface area contributed by atoms with Crippen LogP contribution >= 0.6 is 0 Å². The molecule has 0 radical (unpaired) electrons. The first-order valence-corrected chi connectivity index (χ1v) is 17.9. The second-order valence-corrected chi connectivity index (χ2v) is 13.5. The van der Waals surface area contributed by atoms with Crippen molar-refractivity contribution in [3.63, 3.8) is 0 Å². The molecule has 4 heterocycles. The Hall–Kier alpha value is -7.42. The lowest BCUT2D eigenvalue weighted by molar-refractivity contribution is 0.432. The third kappa shape index (κ3) is 5.04. The van der Waals surface area contributed by atoms with Crippen LogP contribution in [0.4, 0.5) is 0 Å². The van der Waals surface area contributed by atoms with E-state index in [4.69, 9.17) is 19.7 Å². The second kappa shape index (κ2) is 12.7. The molecule has 0 saturated heterocycles. The van der Waals surface area contributed by atoms with Crippen LogP contribution in [0.25, 0.3) is 55.3 Å². The first kappa shape index (κ1) is 31.3. The van der Waals surface area contributed by atoms with Crippen molar-refractivity contribution in [1.29, 1.82) is 5.26 Å². The van der Waals surface area contributed by atoms with Gasteiger partial charge in [-0.2, -0.15) is 5.26 Å². The van der Waals surface area contributed by atoms with Gasteiger partial charge in [-0.15, -0.1) is 0 Å². The molecule has 9 aromatic rings. The van der Waals surface area contributed by atoms with Crippen LogP contribution in [-0.2, 0) is 5.41 Å². The van der Waals surface area contributed by atoms with Gasteiger partial charge in [0.1, 0.15) is 11.5 Å². The predicted octanol–water partition coefficient (Wildman–Crippen LogP) is 11.5. The van der Waals surface area contributed by atoms with Crippen LogP contribution in [0.1, 0.15) is 27.9 Å². The van der Waals surface area contributed by atoms with Gasteiger partial charge in [0, 0.05) is 39.9 Å². The highest BCUT2D eigenvalue weighted by Crippen LogP contribution is 2.55. The van der Waals surface area contributed by atoms with E-state index in [1.165, 1.54) is 0 Å². The Morgan fingerprint density at radius 2 is 1.17 bits per heavy atom. The molecule has 0 aliphatic carbocycles. The topological polar surface area (TPSA) is 71.7 Å². The van der Waals surface area contributed by atoms with E-state index in [0.29, 0.717) is 5.56 Å². The fourth-order valence-electron chi connectivity index (χ4n) is 7.96. The van der Waals surface area contributed by atoms with Gasteiger partial charge in [-0.05, 0) is 101 Å². The number of para-hydroxylation sites is 1. The van der Waals surface area contributed by atoms with E-state index in [2.05, 4.69) is 121 Å². The summed E-state index contributed by atoms with van der Waals surface area (Å²) in [6.07, 6.45) is 3.68. The highest BCUT2D eigenvalue weighted by molar-refractivity contribution is 6.03. The largest absolute Gasteiger partial charge is 0.457 e. The van der Waals surface area contributed by atoms with Crippen molar-refractivity contribution in [2.75, 3.05) is 0 Å². The Morgan fingerprint density at radius 1 is 0.481 bits per heavy atom. The molecule has 10 rings (SSSR count). The molecule has 3 aromatic heterocycles. The molecule has 1 aliphatic rings. The maximum Gasteiger partial charge on any atom is 0.132 e. The van der Waals surface area contributed by atoms with Crippen LogP contribution in [0.3, 0.4) is 0 Å². The first-order chi connectivity index (χ1) is 26.7. The molecule has 0 spiro atoms. The molecule has 5 nitrogen and oxygen atoms in total. The Morgan fingerprint density at radius 3 is 1.98 bits per heavy atom. The Balaban J connectivity index is 1.22. The normalized spacial score (nSPS) is 14.5. The minimum absolute atomic E-state index is 0.618. The van der Waals surface area contributed by atoms with Gasteiger partial charge in [0.2, 0.25) is 0 Å². The summed E-state index contributed by atoms with van der Waals surface area (Å²) >= 11 is 0. The maximum atomic E-state index is 9.53. The number of nitrogens with zero attached hydrogens (tertiary/aromatic N) is 4. The van der Waals surface area contributed by atoms with E-state index >= 15 is 0 Å². The number of ether oxygens (including phenoxy) is 1. The Kier molecular flexibility index (Phi) is 7.35. The van der Waals surface area contributed by atoms with Crippen molar-refractivity contribution in [1.82, 2.24) is 15.0 Å². The highest BCUT2D eigenvalue weighted by Gasteiger charge is 2.46. The average molecular weight is 691 g/mol. The quantitative estimate of drug-likeness (QED) is 0.168. The molecule has 6 aromatic carbocycles. The summed E-state index contributed by atoms with van der Waals surface area (Å²) < 4.78 is 6.68. The fourth-order valence-corrected chi connectivity index (χ4v) is 7.96. The van der Waals surface area contributed by atoms with Crippen LogP contribution in [-0.4, -0.2) is 15.0 Å². The van der Waals surface area contributed by atoms with Gasteiger partial charge in [0.05, 0.1) is 39.5 Å². The summed E-state index contributed by atoms with van der Waals surface area (Å²) in [5.74, 6) is 1.59. The van der Waals surface area contributed by atoms with Gasteiger partial charge in [0.25, 0.3) is 0 Å². The number of fused-ring (bicyclic) bond motifs is 5. The number of nitriles is 1. The number of hydrogen-bond donors (Lipinski definition) is 0. The predicted molar refractivity (Wildman–Crippen MR) is 214 cm³/mol. The molecule has 1 atom stereocenters. The second-order valence-electron chi connectivity index (χ2n) is 13.5. The van der Waals surface area contributed by atoms with Crippen LogP contribution in [0, 0.1) is 11.3 Å². The zero-order valence-electron chi connectivity index (χ0n) is 29.0. The minimum Gasteiger partial charge on any atom is -0.457 e. The zero-order valence-corrected chi connectivity index (χ0v) is 29.0. The average Bonchev–Trinajstić information content (AvgIpc) is 3.25. The third-order valence-electron chi connectivity index (χ3n) is 10.5. The van der Waals surface area contributed by atoms with Gasteiger partial charge >= 0.3 is 0 Å². The minimum atomic E-state index is -0.746. The summed E-state index contributed by atoms with van der Waals surface area (Å²) in [6, 6.07) is 60.5. The Bertz CT molecular complexity index is 2880. The fraction of sp³-hybridized carbons (Fsp3) is 0.0204. The lowest BCUT2D eigenvalue weighted by Crippen LogP contribution is -2.35. The standard InChI is InChI=1S/C49H30N4O/c50-31-32-15-17-33(18-16-32)37-27-38(29-39(28-37)43-23-21-35-20-19-34-9-8-26-52-47(34)48(35)53-43)36-22-24-45-42(30-36)49(40-10-2-1-3-11-40,46-14-6-7-25-51-46)41-12-4-5-13-44(41)54-45/h1-30H. The molecule has 1 unspecified atom stereocenters. The molecule has 54 heavy (non-hydrogen) atoms. The molecule has 0 fully saturated rings. The van der Waals surface area contributed by atoms with E-state index in [1.54, 1.807) is 0 Å². The van der Waals surface area contributed by atoms with Crippen molar-refractivity contribution in [3.05, 3.63) is 210 Å². The zero-order chi connectivity index (χ0) is 36.1. The van der Waals surface area contributed by atoms with Crippen LogP contribution < -0.4 is 4.74 Å². The van der Waals surface area contributed by atoms with Gasteiger partial charge in [0.15, 0.2) is 0 Å².